The molecule has 2 aromatic rings. The second-order valence-electron chi connectivity index (χ2n) is 4.10. The van der Waals surface area contributed by atoms with Crippen LogP contribution in [-0.2, 0) is 18.3 Å². The van der Waals surface area contributed by atoms with Gasteiger partial charge in [0.25, 0.3) is 0 Å². The number of hydrogen-bond acceptors (Lipinski definition) is 3. The van der Waals surface area contributed by atoms with Gasteiger partial charge < -0.3 is 5.32 Å². The number of nitriles is 1. The highest BCUT2D eigenvalue weighted by Gasteiger charge is 2.15. The first-order valence-corrected chi connectivity index (χ1v) is 6.05. The molecule has 0 saturated heterocycles. The SMILES string of the molecule is Cn1cc(C#N)c(NC(=O)Cc2c(F)cccc2Cl)n1. The fourth-order valence-corrected chi connectivity index (χ4v) is 1.93. The predicted molar refractivity (Wildman–Crippen MR) is 71.7 cm³/mol. The zero-order chi connectivity index (χ0) is 14.7. The summed E-state index contributed by atoms with van der Waals surface area (Å²) in [5.41, 5.74) is 0.349. The van der Waals surface area contributed by atoms with Crippen LogP contribution in [0.25, 0.3) is 0 Å². The molecule has 5 nitrogen and oxygen atoms in total. The van der Waals surface area contributed by atoms with E-state index in [2.05, 4.69) is 10.4 Å². The van der Waals surface area contributed by atoms with Gasteiger partial charge in [0.2, 0.25) is 5.91 Å². The number of aromatic nitrogens is 2. The lowest BCUT2D eigenvalue weighted by atomic mass is 10.1. The molecule has 0 atom stereocenters. The minimum absolute atomic E-state index is 0.112. The fourth-order valence-electron chi connectivity index (χ4n) is 1.70. The van der Waals surface area contributed by atoms with E-state index in [9.17, 15) is 9.18 Å². The lowest BCUT2D eigenvalue weighted by Gasteiger charge is -2.06. The Morgan fingerprint density at radius 2 is 2.35 bits per heavy atom. The molecule has 2 rings (SSSR count). The van der Waals surface area contributed by atoms with Gasteiger partial charge in [-0.1, -0.05) is 17.7 Å². The van der Waals surface area contributed by atoms with Crippen LogP contribution in [0, 0.1) is 17.1 Å². The van der Waals surface area contributed by atoms with Crippen LogP contribution < -0.4 is 5.32 Å². The first kappa shape index (κ1) is 14.0. The van der Waals surface area contributed by atoms with Crippen molar-refractivity contribution in [2.24, 2.45) is 7.05 Å². The third-order valence-electron chi connectivity index (χ3n) is 2.61. The molecule has 20 heavy (non-hydrogen) atoms. The third-order valence-corrected chi connectivity index (χ3v) is 2.96. The third kappa shape index (κ3) is 2.95. The highest BCUT2D eigenvalue weighted by Crippen LogP contribution is 2.20. The van der Waals surface area contributed by atoms with E-state index < -0.39 is 11.7 Å². The minimum atomic E-state index is -0.547. The summed E-state index contributed by atoms with van der Waals surface area (Å²) in [5.74, 6) is -0.895. The maximum atomic E-state index is 13.6. The van der Waals surface area contributed by atoms with E-state index in [1.807, 2.05) is 6.07 Å². The van der Waals surface area contributed by atoms with Crippen molar-refractivity contribution in [3.63, 3.8) is 0 Å². The summed E-state index contributed by atoms with van der Waals surface area (Å²) >= 11 is 5.85. The fraction of sp³-hybridized carbons (Fsp3) is 0.154. The highest BCUT2D eigenvalue weighted by molar-refractivity contribution is 6.31. The van der Waals surface area contributed by atoms with Gasteiger partial charge in [0.1, 0.15) is 17.4 Å². The highest BCUT2D eigenvalue weighted by atomic mass is 35.5. The Morgan fingerprint density at radius 3 is 3.00 bits per heavy atom. The van der Waals surface area contributed by atoms with Gasteiger partial charge >= 0.3 is 0 Å². The molecule has 1 amide bonds. The van der Waals surface area contributed by atoms with E-state index in [4.69, 9.17) is 16.9 Å². The molecular weight excluding hydrogens is 283 g/mol. The Bertz CT molecular complexity index is 685. The number of hydrogen-bond donors (Lipinski definition) is 1. The first-order chi connectivity index (χ1) is 9.51. The standard InChI is InChI=1S/C13H10ClFN4O/c1-19-7-8(6-16)13(18-19)17-12(20)5-9-10(14)3-2-4-11(9)15/h2-4,7H,5H2,1H3,(H,17,18,20). The molecule has 1 N–H and O–H groups in total. The van der Waals surface area contributed by atoms with Gasteiger partial charge in [0.05, 0.1) is 6.42 Å². The molecule has 0 aliphatic heterocycles. The van der Waals surface area contributed by atoms with Crippen molar-refractivity contribution in [2.45, 2.75) is 6.42 Å². The van der Waals surface area contributed by atoms with Crippen LogP contribution in [0.5, 0.6) is 0 Å². The molecule has 0 aliphatic rings. The van der Waals surface area contributed by atoms with Crippen LogP contribution in [0.2, 0.25) is 5.02 Å². The number of carbonyl (C=O) groups excluding carboxylic acids is 1. The topological polar surface area (TPSA) is 70.7 Å². The van der Waals surface area contributed by atoms with Crippen LogP contribution in [0.3, 0.4) is 0 Å². The lowest BCUT2D eigenvalue weighted by molar-refractivity contribution is -0.115. The van der Waals surface area contributed by atoms with Gasteiger partial charge in [0, 0.05) is 23.8 Å². The molecule has 0 spiro atoms. The van der Waals surface area contributed by atoms with Crippen molar-refractivity contribution in [1.29, 1.82) is 5.26 Å². The van der Waals surface area contributed by atoms with Gasteiger partial charge in [-0.05, 0) is 12.1 Å². The largest absolute Gasteiger partial charge is 0.308 e. The molecule has 1 heterocycles. The molecule has 0 saturated carbocycles. The van der Waals surface area contributed by atoms with E-state index in [0.717, 1.165) is 0 Å². The Kier molecular flexibility index (Phi) is 4.01. The smallest absolute Gasteiger partial charge is 0.230 e. The average Bonchev–Trinajstić information content (AvgIpc) is 2.74. The van der Waals surface area contributed by atoms with Gasteiger partial charge in [-0.25, -0.2) is 4.39 Å². The number of carbonyl (C=O) groups is 1. The quantitative estimate of drug-likeness (QED) is 0.943. The monoisotopic (exact) mass is 292 g/mol. The van der Waals surface area contributed by atoms with Crippen LogP contribution in [-0.4, -0.2) is 15.7 Å². The van der Waals surface area contributed by atoms with E-state index >= 15 is 0 Å². The normalized spacial score (nSPS) is 10.1. The number of aryl methyl sites for hydroxylation is 1. The van der Waals surface area contributed by atoms with Crippen molar-refractivity contribution in [3.8, 4) is 6.07 Å². The number of anilines is 1. The number of benzene rings is 1. The zero-order valence-corrected chi connectivity index (χ0v) is 11.3. The van der Waals surface area contributed by atoms with E-state index in [1.54, 1.807) is 7.05 Å². The Labute approximate surface area is 119 Å². The summed E-state index contributed by atoms with van der Waals surface area (Å²) in [4.78, 5) is 11.9. The van der Waals surface area contributed by atoms with Gasteiger partial charge in [-0.15, -0.1) is 0 Å². The van der Waals surface area contributed by atoms with Gasteiger partial charge in [-0.3, -0.25) is 9.48 Å². The van der Waals surface area contributed by atoms with Crippen molar-refractivity contribution >= 4 is 23.3 Å². The predicted octanol–water partition coefficient (Wildman–Crippen LogP) is 2.27. The maximum absolute atomic E-state index is 13.6. The summed E-state index contributed by atoms with van der Waals surface area (Å²) < 4.78 is 15.0. The lowest BCUT2D eigenvalue weighted by Crippen LogP contribution is -2.16. The Morgan fingerprint density at radius 1 is 1.60 bits per heavy atom. The Balaban J connectivity index is 2.16. The van der Waals surface area contributed by atoms with Crippen molar-refractivity contribution < 1.29 is 9.18 Å². The summed E-state index contributed by atoms with van der Waals surface area (Å²) in [6.45, 7) is 0. The average molecular weight is 293 g/mol. The summed E-state index contributed by atoms with van der Waals surface area (Å²) in [6.07, 6.45) is 1.25. The zero-order valence-electron chi connectivity index (χ0n) is 10.5. The summed E-state index contributed by atoms with van der Waals surface area (Å²) in [6, 6.07) is 6.11. The van der Waals surface area contributed by atoms with Crippen molar-refractivity contribution in [2.75, 3.05) is 5.32 Å². The molecule has 0 bridgehead atoms. The number of rotatable bonds is 3. The second kappa shape index (κ2) is 5.72. The number of amides is 1. The molecule has 0 unspecified atom stereocenters. The summed E-state index contributed by atoms with van der Waals surface area (Å²) in [5, 5.41) is 15.5. The number of nitrogens with one attached hydrogen (secondary N) is 1. The van der Waals surface area contributed by atoms with E-state index in [0.29, 0.717) is 0 Å². The van der Waals surface area contributed by atoms with Crippen molar-refractivity contribution in [1.82, 2.24) is 9.78 Å². The van der Waals surface area contributed by atoms with Crippen LogP contribution in [0.4, 0.5) is 10.2 Å². The molecule has 0 radical (unpaired) electrons. The molecule has 0 aliphatic carbocycles. The number of halogens is 2. The first-order valence-electron chi connectivity index (χ1n) is 5.67. The minimum Gasteiger partial charge on any atom is -0.308 e. The molecule has 1 aromatic heterocycles. The molecular formula is C13H10ClFN4O. The van der Waals surface area contributed by atoms with Crippen LogP contribution in [0.15, 0.2) is 24.4 Å². The summed E-state index contributed by atoms with van der Waals surface area (Å²) in [7, 11) is 1.63. The number of nitrogens with zero attached hydrogens (tertiary/aromatic N) is 3. The van der Waals surface area contributed by atoms with Crippen molar-refractivity contribution in [3.05, 3.63) is 46.4 Å². The molecule has 0 fully saturated rings. The maximum Gasteiger partial charge on any atom is 0.230 e. The van der Waals surface area contributed by atoms with Gasteiger partial charge in [0.15, 0.2) is 5.82 Å². The molecule has 102 valence electrons. The van der Waals surface area contributed by atoms with E-state index in [-0.39, 0.29) is 28.4 Å². The van der Waals surface area contributed by atoms with Crippen LogP contribution in [0.1, 0.15) is 11.1 Å². The Hall–Kier alpha value is -2.39. The molecule has 7 heteroatoms. The second-order valence-corrected chi connectivity index (χ2v) is 4.51. The molecule has 1 aromatic carbocycles. The van der Waals surface area contributed by atoms with Crippen LogP contribution >= 0.6 is 11.6 Å². The van der Waals surface area contributed by atoms with E-state index in [1.165, 1.54) is 29.1 Å². The van der Waals surface area contributed by atoms with Gasteiger partial charge in [-0.2, -0.15) is 10.4 Å².